The van der Waals surface area contributed by atoms with E-state index in [1.54, 1.807) is 0 Å². The number of benzene rings is 1. The lowest BCUT2D eigenvalue weighted by Crippen LogP contribution is -2.31. The summed E-state index contributed by atoms with van der Waals surface area (Å²) in [6.45, 7) is 1.38. The molecule has 3 rings (SSSR count). The number of hydrogen-bond acceptors (Lipinski definition) is 5. The molecule has 1 saturated heterocycles. The maximum absolute atomic E-state index is 11.8. The summed E-state index contributed by atoms with van der Waals surface area (Å²) >= 11 is 0. The molecular weight excluding hydrogens is 282 g/mol. The Hall–Kier alpha value is -2.21. The molecule has 1 aliphatic rings. The minimum absolute atomic E-state index is 0.0186. The van der Waals surface area contributed by atoms with Crippen LogP contribution in [-0.4, -0.2) is 35.4 Å². The van der Waals surface area contributed by atoms with Crippen LogP contribution in [0.15, 0.2) is 34.7 Å². The molecule has 1 amide bonds. The van der Waals surface area contributed by atoms with Crippen LogP contribution in [0.2, 0.25) is 0 Å². The van der Waals surface area contributed by atoms with E-state index in [2.05, 4.69) is 15.5 Å². The summed E-state index contributed by atoms with van der Waals surface area (Å²) in [5.41, 5.74) is 0.879. The van der Waals surface area contributed by atoms with E-state index in [1.165, 1.54) is 0 Å². The zero-order chi connectivity index (χ0) is 15.2. The third kappa shape index (κ3) is 3.92. The first kappa shape index (κ1) is 14.7. The van der Waals surface area contributed by atoms with Crippen LogP contribution >= 0.6 is 0 Å². The van der Waals surface area contributed by atoms with Crippen molar-refractivity contribution in [2.45, 2.75) is 31.8 Å². The van der Waals surface area contributed by atoms with Gasteiger partial charge in [0.15, 0.2) is 0 Å². The number of carbonyl (C=O) groups excluding carboxylic acids is 1. The lowest BCUT2D eigenvalue weighted by Gasteiger charge is -2.10. The van der Waals surface area contributed by atoms with Crippen molar-refractivity contribution >= 4 is 5.91 Å². The van der Waals surface area contributed by atoms with E-state index in [-0.39, 0.29) is 12.0 Å². The van der Waals surface area contributed by atoms with E-state index in [0.29, 0.717) is 31.2 Å². The number of hydrogen-bond donors (Lipinski definition) is 1. The summed E-state index contributed by atoms with van der Waals surface area (Å²) in [4.78, 5) is 11.8. The molecule has 1 aromatic carbocycles. The third-order valence-corrected chi connectivity index (χ3v) is 3.60. The quantitative estimate of drug-likeness (QED) is 0.882. The molecule has 0 spiro atoms. The van der Waals surface area contributed by atoms with Crippen molar-refractivity contribution in [2.24, 2.45) is 0 Å². The largest absolute Gasteiger partial charge is 0.421 e. The van der Waals surface area contributed by atoms with Gasteiger partial charge in [-0.25, -0.2) is 0 Å². The summed E-state index contributed by atoms with van der Waals surface area (Å²) < 4.78 is 11.0. The Morgan fingerprint density at radius 2 is 2.14 bits per heavy atom. The Morgan fingerprint density at radius 1 is 1.27 bits per heavy atom. The topological polar surface area (TPSA) is 77.2 Å². The van der Waals surface area contributed by atoms with Crippen LogP contribution in [0.5, 0.6) is 0 Å². The highest BCUT2D eigenvalue weighted by Gasteiger charge is 2.16. The van der Waals surface area contributed by atoms with Gasteiger partial charge in [0.2, 0.25) is 17.7 Å². The van der Waals surface area contributed by atoms with E-state index >= 15 is 0 Å². The molecule has 2 heterocycles. The van der Waals surface area contributed by atoms with Crippen molar-refractivity contribution in [1.82, 2.24) is 15.5 Å². The summed E-state index contributed by atoms with van der Waals surface area (Å²) in [6, 6.07) is 9.58. The van der Waals surface area contributed by atoms with Crippen LogP contribution in [0.3, 0.4) is 0 Å². The van der Waals surface area contributed by atoms with Crippen molar-refractivity contribution in [3.05, 3.63) is 36.2 Å². The first-order chi connectivity index (χ1) is 10.8. The van der Waals surface area contributed by atoms with Crippen molar-refractivity contribution in [2.75, 3.05) is 13.2 Å². The molecule has 6 heteroatoms. The highest BCUT2D eigenvalue weighted by atomic mass is 16.5. The summed E-state index contributed by atoms with van der Waals surface area (Å²) in [6.07, 6.45) is 3.03. The van der Waals surface area contributed by atoms with Crippen LogP contribution in [0.4, 0.5) is 0 Å². The fourth-order valence-corrected chi connectivity index (χ4v) is 2.39. The zero-order valence-corrected chi connectivity index (χ0v) is 12.3. The minimum atomic E-state index is -0.0186. The van der Waals surface area contributed by atoms with Crippen LogP contribution in [-0.2, 0) is 16.0 Å². The van der Waals surface area contributed by atoms with Crippen LogP contribution in [0.1, 0.15) is 25.2 Å². The van der Waals surface area contributed by atoms with E-state index in [4.69, 9.17) is 9.15 Å². The van der Waals surface area contributed by atoms with Gasteiger partial charge >= 0.3 is 0 Å². The van der Waals surface area contributed by atoms with Gasteiger partial charge in [-0.3, -0.25) is 4.79 Å². The van der Waals surface area contributed by atoms with E-state index < -0.39 is 0 Å². The van der Waals surface area contributed by atoms with Crippen molar-refractivity contribution in [1.29, 1.82) is 0 Å². The van der Waals surface area contributed by atoms with Gasteiger partial charge in [-0.15, -0.1) is 10.2 Å². The molecule has 2 aromatic rings. The Morgan fingerprint density at radius 3 is 2.91 bits per heavy atom. The highest BCUT2D eigenvalue weighted by Crippen LogP contribution is 2.17. The first-order valence-electron chi connectivity index (χ1n) is 7.57. The normalized spacial score (nSPS) is 17.5. The number of aromatic nitrogens is 2. The maximum Gasteiger partial charge on any atom is 0.247 e. The Bertz CT molecular complexity index is 606. The second kappa shape index (κ2) is 7.17. The predicted octanol–water partition coefficient (Wildman–Crippen LogP) is 1.96. The first-order valence-corrected chi connectivity index (χ1v) is 7.57. The lowest BCUT2D eigenvalue weighted by atomic mass is 10.2. The molecule has 22 heavy (non-hydrogen) atoms. The molecule has 0 saturated carbocycles. The van der Waals surface area contributed by atoms with Gasteiger partial charge in [-0.2, -0.15) is 0 Å². The molecule has 0 radical (unpaired) electrons. The van der Waals surface area contributed by atoms with Crippen LogP contribution < -0.4 is 5.32 Å². The third-order valence-electron chi connectivity index (χ3n) is 3.60. The standard InChI is InChI=1S/C16H19N3O3/c20-14(17-11-13-7-4-10-21-13)8-9-15-18-19-16(22-15)12-5-2-1-3-6-12/h1-3,5-6,13H,4,7-11H2,(H,17,20)/t13-/m1/s1. The number of amides is 1. The molecule has 6 nitrogen and oxygen atoms in total. The Kier molecular flexibility index (Phi) is 4.80. The SMILES string of the molecule is O=C(CCc1nnc(-c2ccccc2)o1)NC[C@H]1CCCO1. The fraction of sp³-hybridized carbons (Fsp3) is 0.438. The van der Waals surface area contributed by atoms with Gasteiger partial charge < -0.3 is 14.5 Å². The molecule has 0 unspecified atom stereocenters. The maximum atomic E-state index is 11.8. The average Bonchev–Trinajstić information content (AvgIpc) is 3.23. The predicted molar refractivity (Wildman–Crippen MR) is 80.0 cm³/mol. The van der Waals surface area contributed by atoms with Gasteiger partial charge in [0.05, 0.1) is 6.10 Å². The zero-order valence-electron chi connectivity index (χ0n) is 12.3. The van der Waals surface area contributed by atoms with E-state index in [1.807, 2.05) is 30.3 Å². The van der Waals surface area contributed by atoms with Gasteiger partial charge in [-0.1, -0.05) is 18.2 Å². The van der Waals surface area contributed by atoms with E-state index in [0.717, 1.165) is 25.0 Å². The number of ether oxygens (including phenoxy) is 1. The molecular formula is C16H19N3O3. The van der Waals surface area contributed by atoms with Gasteiger partial charge in [0.25, 0.3) is 0 Å². The molecule has 1 atom stereocenters. The Labute approximate surface area is 128 Å². The Balaban J connectivity index is 1.45. The summed E-state index contributed by atoms with van der Waals surface area (Å²) in [7, 11) is 0. The molecule has 0 bridgehead atoms. The average molecular weight is 301 g/mol. The second-order valence-electron chi connectivity index (χ2n) is 5.31. The molecule has 1 aromatic heterocycles. The van der Waals surface area contributed by atoms with Crippen molar-refractivity contribution in [3.63, 3.8) is 0 Å². The molecule has 1 fully saturated rings. The number of carbonyl (C=O) groups is 1. The van der Waals surface area contributed by atoms with Crippen molar-refractivity contribution < 1.29 is 13.9 Å². The van der Waals surface area contributed by atoms with Crippen LogP contribution in [0, 0.1) is 0 Å². The van der Waals surface area contributed by atoms with Crippen molar-refractivity contribution in [3.8, 4) is 11.5 Å². The molecule has 1 aliphatic heterocycles. The van der Waals surface area contributed by atoms with Gasteiger partial charge in [0.1, 0.15) is 0 Å². The number of nitrogens with one attached hydrogen (secondary N) is 1. The lowest BCUT2D eigenvalue weighted by molar-refractivity contribution is -0.121. The second-order valence-corrected chi connectivity index (χ2v) is 5.31. The summed E-state index contributed by atoms with van der Waals surface area (Å²) in [5.74, 6) is 0.941. The monoisotopic (exact) mass is 301 g/mol. The van der Waals surface area contributed by atoms with Gasteiger partial charge in [0, 0.05) is 31.6 Å². The van der Waals surface area contributed by atoms with E-state index in [9.17, 15) is 4.79 Å². The minimum Gasteiger partial charge on any atom is -0.421 e. The molecule has 1 N–H and O–H groups in total. The summed E-state index contributed by atoms with van der Waals surface area (Å²) in [5, 5.41) is 10.9. The smallest absolute Gasteiger partial charge is 0.247 e. The number of rotatable bonds is 6. The highest BCUT2D eigenvalue weighted by molar-refractivity contribution is 5.76. The molecule has 0 aliphatic carbocycles. The van der Waals surface area contributed by atoms with Crippen LogP contribution in [0.25, 0.3) is 11.5 Å². The molecule has 116 valence electrons. The number of aryl methyl sites for hydroxylation is 1. The fourth-order valence-electron chi connectivity index (χ4n) is 2.39. The number of nitrogens with zero attached hydrogens (tertiary/aromatic N) is 2. The van der Waals surface area contributed by atoms with Gasteiger partial charge in [-0.05, 0) is 25.0 Å².